The van der Waals surface area contributed by atoms with Crippen molar-refractivity contribution in [2.24, 2.45) is 16.5 Å². The van der Waals surface area contributed by atoms with Crippen LogP contribution >= 0.6 is 0 Å². The van der Waals surface area contributed by atoms with Crippen molar-refractivity contribution in [3.63, 3.8) is 0 Å². The predicted molar refractivity (Wildman–Crippen MR) is 107 cm³/mol. The summed E-state index contributed by atoms with van der Waals surface area (Å²) in [4.78, 5) is 0. The molecule has 7 heteroatoms. The Bertz CT molecular complexity index is 910. The molecular weight excluding hydrogens is 378 g/mol. The van der Waals surface area contributed by atoms with Crippen molar-refractivity contribution >= 4 is 10.3 Å². The quantitative estimate of drug-likeness (QED) is 0.755. The fourth-order valence-electron chi connectivity index (χ4n) is 6.01. The lowest BCUT2D eigenvalue weighted by molar-refractivity contribution is -0.00428. The normalized spacial score (nSPS) is 31.4. The monoisotopic (exact) mass is 407 g/mol. The summed E-state index contributed by atoms with van der Waals surface area (Å²) in [6.07, 6.45) is 8.98. The summed E-state index contributed by atoms with van der Waals surface area (Å²) in [5, 5.41) is 5.06. The lowest BCUT2D eigenvalue weighted by atomic mass is 9.56. The number of fused-ring (bicyclic) bond motifs is 5. The molecular formula is C21H29NO5S. The van der Waals surface area contributed by atoms with Crippen molar-refractivity contribution in [2.75, 3.05) is 14.2 Å². The Labute approximate surface area is 167 Å². The third-order valence-electron chi connectivity index (χ3n) is 7.20. The number of aryl methyl sites for hydroxylation is 1. The van der Waals surface area contributed by atoms with Crippen LogP contribution in [0.3, 0.4) is 0 Å². The lowest BCUT2D eigenvalue weighted by Crippen LogP contribution is -2.42. The summed E-state index contributed by atoms with van der Waals surface area (Å²) in [6.45, 7) is 2.28. The molecule has 1 fully saturated rings. The van der Waals surface area contributed by atoms with Gasteiger partial charge in [0.05, 0.1) is 13.2 Å². The van der Waals surface area contributed by atoms with Crippen LogP contribution in [0.2, 0.25) is 0 Å². The highest BCUT2D eigenvalue weighted by Gasteiger charge is 2.52. The van der Waals surface area contributed by atoms with Gasteiger partial charge in [0.25, 0.3) is 0 Å². The SMILES string of the molecule is CC[C@]12CC[C@@H]3c4cc(OC)c(OS(N)(=O)=O)cc4CC[C@H]3C1=CC[C@@H]2OC. The topological polar surface area (TPSA) is 87.9 Å². The first kappa shape index (κ1) is 19.7. The Morgan fingerprint density at radius 2 is 1.96 bits per heavy atom. The van der Waals surface area contributed by atoms with Gasteiger partial charge in [-0.15, -0.1) is 0 Å². The highest BCUT2D eigenvalue weighted by Crippen LogP contribution is 2.61. The van der Waals surface area contributed by atoms with Crippen LogP contribution < -0.4 is 14.1 Å². The first-order valence-electron chi connectivity index (χ1n) is 9.99. The van der Waals surface area contributed by atoms with Crippen LogP contribution in [0.5, 0.6) is 11.5 Å². The summed E-state index contributed by atoms with van der Waals surface area (Å²) in [5.74, 6) is 1.51. The molecule has 3 aliphatic carbocycles. The maximum atomic E-state index is 11.4. The third kappa shape index (κ3) is 3.04. The van der Waals surface area contributed by atoms with Crippen LogP contribution in [0.25, 0.3) is 0 Å². The van der Waals surface area contributed by atoms with Gasteiger partial charge in [0.1, 0.15) is 0 Å². The molecule has 1 aromatic rings. The van der Waals surface area contributed by atoms with Gasteiger partial charge in [-0.05, 0) is 73.6 Å². The molecule has 6 nitrogen and oxygen atoms in total. The number of rotatable bonds is 5. The Morgan fingerprint density at radius 1 is 1.18 bits per heavy atom. The Balaban J connectivity index is 1.71. The van der Waals surface area contributed by atoms with Gasteiger partial charge in [0.15, 0.2) is 11.5 Å². The molecule has 4 rings (SSSR count). The maximum absolute atomic E-state index is 11.4. The second-order valence-corrected chi connectivity index (χ2v) is 9.35. The summed E-state index contributed by atoms with van der Waals surface area (Å²) in [5.41, 5.74) is 4.13. The first-order valence-corrected chi connectivity index (χ1v) is 11.5. The smallest absolute Gasteiger partial charge is 0.380 e. The standard InChI is InChI=1S/C21H29NO5S/c1-4-21-10-9-14-15(17(21)7-8-20(21)26-3)6-5-13-11-19(27-28(22,23)24)18(25-2)12-16(13)14/h7,11-12,14-15,20H,4-6,8-10H2,1-3H3,(H2,22,23,24)/t14-,15+,20-,21-/m0/s1. The van der Waals surface area contributed by atoms with Gasteiger partial charge in [-0.2, -0.15) is 13.6 Å². The highest BCUT2D eigenvalue weighted by atomic mass is 32.2. The first-order chi connectivity index (χ1) is 13.3. The van der Waals surface area contributed by atoms with Crippen LogP contribution in [0.15, 0.2) is 23.8 Å². The van der Waals surface area contributed by atoms with Crippen LogP contribution in [0, 0.1) is 11.3 Å². The van der Waals surface area contributed by atoms with E-state index in [1.165, 1.54) is 12.7 Å². The number of hydrogen-bond acceptors (Lipinski definition) is 5. The van der Waals surface area contributed by atoms with E-state index in [2.05, 4.69) is 13.0 Å². The number of hydrogen-bond donors (Lipinski definition) is 1. The molecule has 0 amide bonds. The molecule has 0 aromatic heterocycles. The van der Waals surface area contributed by atoms with E-state index in [1.807, 2.05) is 13.2 Å². The van der Waals surface area contributed by atoms with Gasteiger partial charge >= 0.3 is 10.3 Å². The molecule has 28 heavy (non-hydrogen) atoms. The van der Waals surface area contributed by atoms with E-state index in [0.717, 1.165) is 44.1 Å². The molecule has 3 aliphatic rings. The Morgan fingerprint density at radius 3 is 2.61 bits per heavy atom. The molecule has 0 spiro atoms. The largest absolute Gasteiger partial charge is 0.493 e. The van der Waals surface area contributed by atoms with Crippen LogP contribution in [0.4, 0.5) is 0 Å². The van der Waals surface area contributed by atoms with Gasteiger partial charge in [0.2, 0.25) is 0 Å². The van der Waals surface area contributed by atoms with Gasteiger partial charge in [-0.1, -0.05) is 18.6 Å². The molecule has 0 radical (unpaired) electrons. The van der Waals surface area contributed by atoms with E-state index < -0.39 is 10.3 Å². The van der Waals surface area contributed by atoms with Crippen molar-refractivity contribution < 1.29 is 22.1 Å². The van der Waals surface area contributed by atoms with Crippen molar-refractivity contribution in [1.29, 1.82) is 0 Å². The lowest BCUT2D eigenvalue weighted by Gasteiger charge is -2.49. The Hall–Kier alpha value is -1.57. The van der Waals surface area contributed by atoms with E-state index in [1.54, 1.807) is 11.6 Å². The maximum Gasteiger partial charge on any atom is 0.380 e. The molecule has 154 valence electrons. The van der Waals surface area contributed by atoms with E-state index in [0.29, 0.717) is 17.6 Å². The summed E-state index contributed by atoms with van der Waals surface area (Å²) >= 11 is 0. The van der Waals surface area contributed by atoms with Gasteiger partial charge < -0.3 is 13.7 Å². The van der Waals surface area contributed by atoms with Crippen LogP contribution in [-0.4, -0.2) is 28.7 Å². The van der Waals surface area contributed by atoms with E-state index in [9.17, 15) is 8.42 Å². The molecule has 2 N–H and O–H groups in total. The molecule has 0 bridgehead atoms. The zero-order valence-corrected chi connectivity index (χ0v) is 17.6. The number of benzene rings is 1. The zero-order valence-electron chi connectivity index (χ0n) is 16.7. The fraction of sp³-hybridized carbons (Fsp3) is 0.619. The van der Waals surface area contributed by atoms with Gasteiger partial charge in [0, 0.05) is 12.5 Å². The van der Waals surface area contributed by atoms with Crippen molar-refractivity contribution in [3.8, 4) is 11.5 Å². The summed E-state index contributed by atoms with van der Waals surface area (Å²) in [6, 6.07) is 3.74. The summed E-state index contributed by atoms with van der Waals surface area (Å²) < 4.78 is 39.0. The molecule has 1 aromatic carbocycles. The molecule has 0 saturated heterocycles. The number of methoxy groups -OCH3 is 2. The number of ether oxygens (including phenoxy) is 2. The second kappa shape index (κ2) is 7.04. The van der Waals surface area contributed by atoms with Gasteiger partial charge in [-0.3, -0.25) is 0 Å². The molecule has 0 aliphatic heterocycles. The predicted octanol–water partition coefficient (Wildman–Crippen LogP) is 3.46. The fourth-order valence-corrected chi connectivity index (χ4v) is 6.39. The van der Waals surface area contributed by atoms with Crippen molar-refractivity contribution in [3.05, 3.63) is 34.9 Å². The molecule has 4 atom stereocenters. The van der Waals surface area contributed by atoms with E-state index >= 15 is 0 Å². The minimum absolute atomic E-state index is 0.167. The van der Waals surface area contributed by atoms with Crippen molar-refractivity contribution in [2.45, 2.75) is 57.5 Å². The zero-order chi connectivity index (χ0) is 20.1. The average molecular weight is 408 g/mol. The second-order valence-electron chi connectivity index (χ2n) is 8.20. The minimum atomic E-state index is -4.09. The average Bonchev–Trinajstić information content (AvgIpc) is 3.05. The van der Waals surface area contributed by atoms with E-state index in [-0.39, 0.29) is 17.3 Å². The number of nitrogens with two attached hydrogens (primary N) is 1. The third-order valence-corrected chi connectivity index (χ3v) is 7.61. The van der Waals surface area contributed by atoms with E-state index in [4.69, 9.17) is 18.8 Å². The van der Waals surface area contributed by atoms with Gasteiger partial charge in [-0.25, -0.2) is 0 Å². The minimum Gasteiger partial charge on any atom is -0.493 e. The van der Waals surface area contributed by atoms with Crippen LogP contribution in [-0.2, 0) is 21.5 Å². The molecule has 0 heterocycles. The molecule has 0 unspecified atom stereocenters. The Kier molecular flexibility index (Phi) is 4.96. The van der Waals surface area contributed by atoms with Crippen molar-refractivity contribution in [1.82, 2.24) is 0 Å². The highest BCUT2D eigenvalue weighted by molar-refractivity contribution is 7.84. The molecule has 1 saturated carbocycles. The summed E-state index contributed by atoms with van der Waals surface area (Å²) in [7, 11) is -0.745. The van der Waals surface area contributed by atoms with Crippen LogP contribution in [0.1, 0.15) is 56.1 Å².